The summed E-state index contributed by atoms with van der Waals surface area (Å²) in [6, 6.07) is 18.0. The number of H-pyrrole nitrogens is 1. The van der Waals surface area contributed by atoms with Crippen LogP contribution in [0.25, 0.3) is 0 Å². The molecule has 0 aliphatic heterocycles. The van der Waals surface area contributed by atoms with Crippen LogP contribution in [0.2, 0.25) is 0 Å². The van der Waals surface area contributed by atoms with Crippen LogP contribution in [0.15, 0.2) is 54.6 Å². The van der Waals surface area contributed by atoms with Gasteiger partial charge in [0.25, 0.3) is 0 Å². The molecule has 0 saturated carbocycles. The number of ether oxygens (including phenoxy) is 1. The van der Waals surface area contributed by atoms with Crippen LogP contribution < -0.4 is 4.74 Å². The summed E-state index contributed by atoms with van der Waals surface area (Å²) in [7, 11) is 0. The van der Waals surface area contributed by atoms with Crippen LogP contribution in [0.3, 0.4) is 0 Å². The van der Waals surface area contributed by atoms with Gasteiger partial charge in [-0.3, -0.25) is 0 Å². The molecule has 0 fully saturated rings. The van der Waals surface area contributed by atoms with Crippen molar-refractivity contribution in [3.8, 4) is 5.75 Å². The van der Waals surface area contributed by atoms with Gasteiger partial charge in [0.1, 0.15) is 12.4 Å². The lowest BCUT2D eigenvalue weighted by atomic mass is 10.1. The molecule has 2 aromatic carbocycles. The molecule has 0 amide bonds. The molecular formula is C15H14N4O. The summed E-state index contributed by atoms with van der Waals surface area (Å²) < 4.78 is 5.73. The summed E-state index contributed by atoms with van der Waals surface area (Å²) in [6.45, 7) is 0.574. The molecule has 0 atom stereocenters. The molecule has 5 heteroatoms. The van der Waals surface area contributed by atoms with E-state index in [9.17, 15) is 0 Å². The number of tetrazole rings is 1. The van der Waals surface area contributed by atoms with E-state index in [1.54, 1.807) is 0 Å². The van der Waals surface area contributed by atoms with Crippen molar-refractivity contribution in [3.63, 3.8) is 0 Å². The van der Waals surface area contributed by atoms with Crippen LogP contribution >= 0.6 is 0 Å². The minimum absolute atomic E-state index is 0.574. The van der Waals surface area contributed by atoms with E-state index in [4.69, 9.17) is 4.74 Å². The summed E-state index contributed by atoms with van der Waals surface area (Å²) in [5.41, 5.74) is 2.28. The minimum atomic E-state index is 0.574. The second-order valence-corrected chi connectivity index (χ2v) is 4.42. The molecule has 0 unspecified atom stereocenters. The Balaban J connectivity index is 1.59. The lowest BCUT2D eigenvalue weighted by Gasteiger charge is -2.06. The maximum absolute atomic E-state index is 5.73. The zero-order valence-electron chi connectivity index (χ0n) is 10.9. The predicted octanol–water partition coefficient (Wildman–Crippen LogP) is 2.37. The van der Waals surface area contributed by atoms with E-state index in [-0.39, 0.29) is 0 Å². The number of aromatic nitrogens is 4. The Kier molecular flexibility index (Phi) is 3.68. The highest BCUT2D eigenvalue weighted by Gasteiger charge is 2.01. The molecule has 0 aliphatic carbocycles. The van der Waals surface area contributed by atoms with Gasteiger partial charge in [-0.1, -0.05) is 47.7 Å². The smallest absolute Gasteiger partial charge is 0.178 e. The van der Waals surface area contributed by atoms with Crippen LogP contribution in [0, 0.1) is 0 Å². The highest BCUT2D eigenvalue weighted by molar-refractivity contribution is 5.29. The summed E-state index contributed by atoms with van der Waals surface area (Å²) >= 11 is 0. The normalized spacial score (nSPS) is 10.4. The van der Waals surface area contributed by atoms with Crippen molar-refractivity contribution < 1.29 is 4.74 Å². The summed E-state index contributed by atoms with van der Waals surface area (Å²) in [6.07, 6.45) is 0.662. The number of rotatable bonds is 5. The second-order valence-electron chi connectivity index (χ2n) is 4.42. The van der Waals surface area contributed by atoms with Gasteiger partial charge < -0.3 is 4.74 Å². The number of hydrogen-bond acceptors (Lipinski definition) is 4. The van der Waals surface area contributed by atoms with Gasteiger partial charge in [0.15, 0.2) is 5.82 Å². The zero-order chi connectivity index (χ0) is 13.6. The fraction of sp³-hybridized carbons (Fsp3) is 0.133. The minimum Gasteiger partial charge on any atom is -0.489 e. The highest BCUT2D eigenvalue weighted by atomic mass is 16.5. The fourth-order valence-electron chi connectivity index (χ4n) is 1.88. The lowest BCUT2D eigenvalue weighted by molar-refractivity contribution is 0.306. The molecule has 0 bridgehead atoms. The zero-order valence-corrected chi connectivity index (χ0v) is 10.9. The lowest BCUT2D eigenvalue weighted by Crippen LogP contribution is -1.96. The Morgan fingerprint density at radius 3 is 2.40 bits per heavy atom. The van der Waals surface area contributed by atoms with Gasteiger partial charge in [0, 0.05) is 6.42 Å². The Bertz CT molecular complexity index is 635. The predicted molar refractivity (Wildman–Crippen MR) is 74.2 cm³/mol. The Morgan fingerprint density at radius 2 is 1.70 bits per heavy atom. The van der Waals surface area contributed by atoms with Crippen molar-refractivity contribution in [1.29, 1.82) is 0 Å². The Morgan fingerprint density at radius 1 is 0.900 bits per heavy atom. The first-order chi connectivity index (χ1) is 9.90. The molecule has 0 aliphatic rings. The highest BCUT2D eigenvalue weighted by Crippen LogP contribution is 2.15. The molecule has 1 N–H and O–H groups in total. The van der Waals surface area contributed by atoms with Gasteiger partial charge in [-0.25, -0.2) is 0 Å². The molecule has 1 heterocycles. The van der Waals surface area contributed by atoms with E-state index in [1.165, 1.54) is 0 Å². The van der Waals surface area contributed by atoms with Crippen LogP contribution in [-0.4, -0.2) is 20.6 Å². The third-order valence-corrected chi connectivity index (χ3v) is 2.92. The van der Waals surface area contributed by atoms with E-state index >= 15 is 0 Å². The number of hydrogen-bond donors (Lipinski definition) is 1. The Hall–Kier alpha value is -2.69. The maximum Gasteiger partial charge on any atom is 0.178 e. The molecule has 0 radical (unpaired) electrons. The molecule has 20 heavy (non-hydrogen) atoms. The van der Waals surface area contributed by atoms with Crippen molar-refractivity contribution in [2.45, 2.75) is 13.0 Å². The molecule has 3 rings (SSSR count). The van der Waals surface area contributed by atoms with Crippen molar-refractivity contribution in [2.24, 2.45) is 0 Å². The summed E-state index contributed by atoms with van der Waals surface area (Å²) in [5, 5.41) is 13.8. The third kappa shape index (κ3) is 3.20. The van der Waals surface area contributed by atoms with Gasteiger partial charge in [-0.05, 0) is 23.3 Å². The van der Waals surface area contributed by atoms with Crippen LogP contribution in [-0.2, 0) is 13.0 Å². The standard InChI is InChI=1S/C15H14N4O/c1-2-4-13(5-3-1)11-20-14-8-6-12(7-9-14)10-15-16-18-19-17-15/h1-9H,10-11H2,(H,16,17,18,19). The van der Waals surface area contributed by atoms with E-state index in [0.29, 0.717) is 18.9 Å². The van der Waals surface area contributed by atoms with Crippen molar-refractivity contribution >= 4 is 0 Å². The van der Waals surface area contributed by atoms with Gasteiger partial charge in [-0.15, -0.1) is 10.2 Å². The van der Waals surface area contributed by atoms with Gasteiger partial charge in [0.05, 0.1) is 0 Å². The van der Waals surface area contributed by atoms with Crippen molar-refractivity contribution in [3.05, 3.63) is 71.5 Å². The quantitative estimate of drug-likeness (QED) is 0.770. The number of benzene rings is 2. The number of aromatic amines is 1. The van der Waals surface area contributed by atoms with E-state index in [2.05, 4.69) is 20.6 Å². The molecule has 3 aromatic rings. The van der Waals surface area contributed by atoms with Crippen molar-refractivity contribution in [2.75, 3.05) is 0 Å². The largest absolute Gasteiger partial charge is 0.489 e. The van der Waals surface area contributed by atoms with E-state index < -0.39 is 0 Å². The first-order valence-electron chi connectivity index (χ1n) is 6.38. The monoisotopic (exact) mass is 266 g/mol. The average Bonchev–Trinajstić information content (AvgIpc) is 3.01. The second kappa shape index (κ2) is 5.97. The fourth-order valence-corrected chi connectivity index (χ4v) is 1.88. The van der Waals surface area contributed by atoms with E-state index in [0.717, 1.165) is 16.9 Å². The Labute approximate surface area is 116 Å². The molecule has 100 valence electrons. The van der Waals surface area contributed by atoms with Gasteiger partial charge in [0.2, 0.25) is 0 Å². The first-order valence-corrected chi connectivity index (χ1v) is 6.38. The number of nitrogens with one attached hydrogen (secondary N) is 1. The van der Waals surface area contributed by atoms with Crippen LogP contribution in [0.1, 0.15) is 17.0 Å². The first kappa shape index (κ1) is 12.3. The molecule has 0 spiro atoms. The molecule has 5 nitrogen and oxygen atoms in total. The average molecular weight is 266 g/mol. The molecular weight excluding hydrogens is 252 g/mol. The summed E-state index contributed by atoms with van der Waals surface area (Å²) in [5.74, 6) is 1.54. The summed E-state index contributed by atoms with van der Waals surface area (Å²) in [4.78, 5) is 0. The van der Waals surface area contributed by atoms with Crippen LogP contribution in [0.4, 0.5) is 0 Å². The van der Waals surface area contributed by atoms with Gasteiger partial charge in [-0.2, -0.15) is 5.21 Å². The van der Waals surface area contributed by atoms with E-state index in [1.807, 2.05) is 54.6 Å². The SMILES string of the molecule is c1ccc(COc2ccc(Cc3nn[nH]n3)cc2)cc1. The third-order valence-electron chi connectivity index (χ3n) is 2.92. The molecule has 0 saturated heterocycles. The maximum atomic E-state index is 5.73. The van der Waals surface area contributed by atoms with Crippen LogP contribution in [0.5, 0.6) is 5.75 Å². The number of nitrogens with zero attached hydrogens (tertiary/aromatic N) is 3. The topological polar surface area (TPSA) is 63.7 Å². The van der Waals surface area contributed by atoms with Crippen molar-refractivity contribution in [1.82, 2.24) is 20.6 Å². The molecule has 1 aromatic heterocycles. The van der Waals surface area contributed by atoms with Gasteiger partial charge >= 0.3 is 0 Å².